The van der Waals surface area contributed by atoms with Crippen LogP contribution < -0.4 is 4.74 Å². The molecule has 0 spiro atoms. The molecule has 0 saturated carbocycles. The summed E-state index contributed by atoms with van der Waals surface area (Å²) < 4.78 is 16.9. The summed E-state index contributed by atoms with van der Waals surface area (Å²) >= 11 is 0. The summed E-state index contributed by atoms with van der Waals surface area (Å²) in [6.45, 7) is 6.37. The van der Waals surface area contributed by atoms with Gasteiger partial charge in [-0.1, -0.05) is 0 Å². The Morgan fingerprint density at radius 2 is 2.23 bits per heavy atom. The van der Waals surface area contributed by atoms with Crippen molar-refractivity contribution in [1.29, 1.82) is 0 Å². The Morgan fingerprint density at radius 1 is 1.35 bits per heavy atom. The number of hydrogen-bond donors (Lipinski definition) is 0. The second-order valence-corrected chi connectivity index (χ2v) is 7.01. The van der Waals surface area contributed by atoms with Crippen LogP contribution in [-0.2, 0) is 4.74 Å². The van der Waals surface area contributed by atoms with E-state index in [2.05, 4.69) is 9.97 Å². The number of fused-ring (bicyclic) bond motifs is 1. The van der Waals surface area contributed by atoms with Crippen LogP contribution in [0.2, 0.25) is 0 Å². The van der Waals surface area contributed by atoms with Crippen LogP contribution >= 0.6 is 0 Å². The lowest BCUT2D eigenvalue weighted by Crippen LogP contribution is -2.31. The SMILES string of the molecule is Cc1ccnc(OCC[C@@H]2CO[C@@H]3CN(C(=O)c4ccoc4C)C[C@H]23)n1. The third-order valence-electron chi connectivity index (χ3n) is 5.31. The van der Waals surface area contributed by atoms with Crippen LogP contribution in [0.4, 0.5) is 0 Å². The lowest BCUT2D eigenvalue weighted by Gasteiger charge is -2.19. The lowest BCUT2D eigenvalue weighted by molar-refractivity contribution is 0.0670. The quantitative estimate of drug-likeness (QED) is 0.817. The first-order valence-electron chi connectivity index (χ1n) is 8.99. The summed E-state index contributed by atoms with van der Waals surface area (Å²) in [4.78, 5) is 22.9. The van der Waals surface area contributed by atoms with Crippen molar-refractivity contribution in [2.24, 2.45) is 11.8 Å². The number of aromatic nitrogens is 2. The van der Waals surface area contributed by atoms with Crippen molar-refractivity contribution in [2.75, 3.05) is 26.3 Å². The molecule has 3 atom stereocenters. The van der Waals surface area contributed by atoms with Gasteiger partial charge in [-0.15, -0.1) is 0 Å². The monoisotopic (exact) mass is 357 g/mol. The molecular weight excluding hydrogens is 334 g/mol. The Morgan fingerprint density at radius 3 is 3.00 bits per heavy atom. The molecule has 2 aromatic rings. The smallest absolute Gasteiger partial charge is 0.316 e. The van der Waals surface area contributed by atoms with E-state index in [-0.39, 0.29) is 12.0 Å². The highest BCUT2D eigenvalue weighted by molar-refractivity contribution is 5.95. The van der Waals surface area contributed by atoms with Crippen LogP contribution in [-0.4, -0.2) is 53.2 Å². The fourth-order valence-electron chi connectivity index (χ4n) is 3.84. The maximum Gasteiger partial charge on any atom is 0.316 e. The Bertz CT molecular complexity index is 791. The van der Waals surface area contributed by atoms with E-state index >= 15 is 0 Å². The average Bonchev–Trinajstić information content (AvgIpc) is 3.31. The second-order valence-electron chi connectivity index (χ2n) is 7.01. The van der Waals surface area contributed by atoms with Gasteiger partial charge in [0.15, 0.2) is 0 Å². The number of carbonyl (C=O) groups excluding carboxylic acids is 1. The third-order valence-corrected chi connectivity index (χ3v) is 5.31. The van der Waals surface area contributed by atoms with Crippen LogP contribution in [0.25, 0.3) is 0 Å². The number of nitrogens with zero attached hydrogens (tertiary/aromatic N) is 3. The van der Waals surface area contributed by atoms with Gasteiger partial charge < -0.3 is 18.8 Å². The van der Waals surface area contributed by atoms with E-state index in [0.717, 1.165) is 25.3 Å². The Balaban J connectivity index is 1.32. The minimum atomic E-state index is 0.0254. The predicted octanol–water partition coefficient (Wildman–Crippen LogP) is 2.24. The van der Waals surface area contributed by atoms with Crippen molar-refractivity contribution in [3.05, 3.63) is 41.6 Å². The number of aryl methyl sites for hydroxylation is 2. The summed E-state index contributed by atoms with van der Waals surface area (Å²) in [7, 11) is 0. The summed E-state index contributed by atoms with van der Waals surface area (Å²) in [5.41, 5.74) is 1.53. The number of hydrogen-bond acceptors (Lipinski definition) is 6. The van der Waals surface area contributed by atoms with E-state index in [1.54, 1.807) is 18.5 Å². The van der Waals surface area contributed by atoms with Crippen LogP contribution in [0, 0.1) is 25.7 Å². The van der Waals surface area contributed by atoms with E-state index < -0.39 is 0 Å². The first-order chi connectivity index (χ1) is 12.6. The van der Waals surface area contributed by atoms with Crippen molar-refractivity contribution in [3.8, 4) is 6.01 Å². The van der Waals surface area contributed by atoms with Gasteiger partial charge in [0, 0.05) is 30.9 Å². The zero-order valence-corrected chi connectivity index (χ0v) is 15.1. The van der Waals surface area contributed by atoms with Gasteiger partial charge in [-0.05, 0) is 38.3 Å². The molecule has 2 fully saturated rings. The van der Waals surface area contributed by atoms with Gasteiger partial charge in [0.25, 0.3) is 5.91 Å². The molecule has 26 heavy (non-hydrogen) atoms. The van der Waals surface area contributed by atoms with E-state index in [0.29, 0.717) is 42.3 Å². The van der Waals surface area contributed by atoms with Crippen molar-refractivity contribution >= 4 is 5.91 Å². The zero-order valence-electron chi connectivity index (χ0n) is 15.1. The number of likely N-dealkylation sites (tertiary alicyclic amines) is 1. The molecule has 2 aliphatic rings. The summed E-state index contributed by atoms with van der Waals surface area (Å²) in [5, 5.41) is 0. The lowest BCUT2D eigenvalue weighted by atomic mass is 9.91. The first kappa shape index (κ1) is 17.0. The highest BCUT2D eigenvalue weighted by Crippen LogP contribution is 2.36. The van der Waals surface area contributed by atoms with Crippen LogP contribution in [0.1, 0.15) is 28.2 Å². The highest BCUT2D eigenvalue weighted by Gasteiger charge is 2.45. The van der Waals surface area contributed by atoms with E-state index in [9.17, 15) is 4.79 Å². The molecule has 4 rings (SSSR count). The molecule has 2 saturated heterocycles. The Hall–Kier alpha value is -2.41. The van der Waals surface area contributed by atoms with Gasteiger partial charge in [0.05, 0.1) is 31.1 Å². The molecule has 2 aromatic heterocycles. The molecule has 7 heteroatoms. The third kappa shape index (κ3) is 3.31. The van der Waals surface area contributed by atoms with Crippen LogP contribution in [0.5, 0.6) is 6.01 Å². The van der Waals surface area contributed by atoms with Crippen molar-refractivity contribution in [3.63, 3.8) is 0 Å². The van der Waals surface area contributed by atoms with Crippen LogP contribution in [0.3, 0.4) is 0 Å². The molecule has 0 aliphatic carbocycles. The molecule has 7 nitrogen and oxygen atoms in total. The molecule has 0 N–H and O–H groups in total. The van der Waals surface area contributed by atoms with Crippen molar-refractivity contribution < 1.29 is 18.7 Å². The topological polar surface area (TPSA) is 77.7 Å². The Labute approximate surface area is 152 Å². The molecule has 138 valence electrons. The number of rotatable bonds is 5. The van der Waals surface area contributed by atoms with Gasteiger partial charge >= 0.3 is 6.01 Å². The standard InChI is InChI=1S/C19H23N3O4/c1-12-3-6-20-19(21-12)25-7-4-14-11-26-17-10-22(9-16(14)17)18(23)15-5-8-24-13(15)2/h3,5-6,8,14,16-17H,4,7,9-11H2,1-2H3/t14-,16-,17-/m1/s1. The van der Waals surface area contributed by atoms with E-state index in [4.69, 9.17) is 13.9 Å². The van der Waals surface area contributed by atoms with Gasteiger partial charge in [-0.3, -0.25) is 4.79 Å². The summed E-state index contributed by atoms with van der Waals surface area (Å²) in [5.74, 6) is 1.43. The minimum Gasteiger partial charge on any atom is -0.469 e. The maximum absolute atomic E-state index is 12.7. The van der Waals surface area contributed by atoms with Gasteiger partial charge in [-0.25, -0.2) is 9.97 Å². The summed E-state index contributed by atoms with van der Waals surface area (Å²) in [6, 6.07) is 3.99. The van der Waals surface area contributed by atoms with E-state index in [1.807, 2.05) is 24.8 Å². The van der Waals surface area contributed by atoms with Gasteiger partial charge in [0.1, 0.15) is 5.76 Å². The van der Waals surface area contributed by atoms with Gasteiger partial charge in [0.2, 0.25) is 0 Å². The zero-order chi connectivity index (χ0) is 18.1. The van der Waals surface area contributed by atoms with Crippen molar-refractivity contribution in [2.45, 2.75) is 26.4 Å². The normalized spacial score (nSPS) is 24.7. The fourth-order valence-corrected chi connectivity index (χ4v) is 3.84. The number of ether oxygens (including phenoxy) is 2. The highest BCUT2D eigenvalue weighted by atomic mass is 16.5. The fraction of sp³-hybridized carbons (Fsp3) is 0.526. The molecule has 0 bridgehead atoms. The molecular formula is C19H23N3O4. The first-order valence-corrected chi connectivity index (χ1v) is 8.99. The largest absolute Gasteiger partial charge is 0.469 e. The van der Waals surface area contributed by atoms with Gasteiger partial charge in [-0.2, -0.15) is 0 Å². The average molecular weight is 357 g/mol. The van der Waals surface area contributed by atoms with Crippen LogP contribution in [0.15, 0.2) is 29.0 Å². The van der Waals surface area contributed by atoms with E-state index in [1.165, 1.54) is 0 Å². The Kier molecular flexibility index (Phi) is 4.63. The van der Waals surface area contributed by atoms with Crippen molar-refractivity contribution in [1.82, 2.24) is 14.9 Å². The molecule has 0 radical (unpaired) electrons. The number of carbonyl (C=O) groups is 1. The molecule has 0 aromatic carbocycles. The molecule has 4 heterocycles. The molecule has 0 unspecified atom stereocenters. The number of furan rings is 1. The minimum absolute atomic E-state index is 0.0254. The summed E-state index contributed by atoms with van der Waals surface area (Å²) in [6.07, 6.45) is 4.24. The second kappa shape index (κ2) is 7.07. The molecule has 1 amide bonds. The molecule has 2 aliphatic heterocycles. The maximum atomic E-state index is 12.7. The number of amides is 1. The predicted molar refractivity (Wildman–Crippen MR) is 92.9 cm³/mol.